The van der Waals surface area contributed by atoms with Crippen LogP contribution in [0.1, 0.15) is 33.6 Å². The van der Waals surface area contributed by atoms with E-state index in [1.54, 1.807) is 0 Å². The van der Waals surface area contributed by atoms with Crippen molar-refractivity contribution >= 4 is 5.91 Å². The molecule has 1 aliphatic rings. The van der Waals surface area contributed by atoms with Crippen LogP contribution >= 0.6 is 0 Å². The molecule has 0 aromatic heterocycles. The molecule has 1 fully saturated rings. The summed E-state index contributed by atoms with van der Waals surface area (Å²) >= 11 is 0. The van der Waals surface area contributed by atoms with E-state index in [-0.39, 0.29) is 17.4 Å². The molecule has 1 amide bonds. The van der Waals surface area contributed by atoms with Crippen molar-refractivity contribution in [2.75, 3.05) is 33.2 Å². The van der Waals surface area contributed by atoms with Gasteiger partial charge in [0.05, 0.1) is 6.04 Å². The van der Waals surface area contributed by atoms with E-state index in [0.29, 0.717) is 6.54 Å². The highest BCUT2D eigenvalue weighted by atomic mass is 16.2. The van der Waals surface area contributed by atoms with Gasteiger partial charge in [-0.15, -0.1) is 0 Å². The Balaban J connectivity index is 2.69. The fraction of sp³-hybridized carbons (Fsp3) is 0.923. The molecule has 2 N–H and O–H groups in total. The number of rotatable bonds is 6. The fourth-order valence-corrected chi connectivity index (χ4v) is 2.39. The first-order valence-corrected chi connectivity index (χ1v) is 6.60. The maximum atomic E-state index is 12.0. The first-order valence-electron chi connectivity index (χ1n) is 6.60. The number of amides is 1. The Morgan fingerprint density at radius 3 is 2.59 bits per heavy atom. The minimum absolute atomic E-state index is 0.0748. The molecule has 1 aliphatic heterocycles. The van der Waals surface area contributed by atoms with Crippen LogP contribution in [-0.4, -0.2) is 55.0 Å². The molecule has 0 bridgehead atoms. The Morgan fingerprint density at radius 2 is 2.18 bits per heavy atom. The van der Waals surface area contributed by atoms with E-state index < -0.39 is 0 Å². The highest BCUT2D eigenvalue weighted by Gasteiger charge is 2.35. The number of carbonyl (C=O) groups excluding carboxylic acids is 1. The van der Waals surface area contributed by atoms with Crippen molar-refractivity contribution in [1.82, 2.24) is 9.80 Å². The standard InChI is InChI=1S/C13H27N3O/c1-5-7-16(10-13(2,3)9-14)11-6-8-15(4)12(11)17/h11H,5-10,14H2,1-4H3. The quantitative estimate of drug-likeness (QED) is 0.752. The van der Waals surface area contributed by atoms with Gasteiger partial charge in [-0.25, -0.2) is 0 Å². The van der Waals surface area contributed by atoms with Gasteiger partial charge in [-0.1, -0.05) is 20.8 Å². The zero-order valence-corrected chi connectivity index (χ0v) is 11.7. The van der Waals surface area contributed by atoms with Gasteiger partial charge in [0.15, 0.2) is 0 Å². The van der Waals surface area contributed by atoms with E-state index in [2.05, 4.69) is 25.7 Å². The van der Waals surface area contributed by atoms with Crippen molar-refractivity contribution in [3.8, 4) is 0 Å². The molecule has 0 radical (unpaired) electrons. The third-order valence-electron chi connectivity index (χ3n) is 3.53. The van der Waals surface area contributed by atoms with Gasteiger partial charge in [-0.3, -0.25) is 9.69 Å². The first-order chi connectivity index (χ1) is 7.91. The van der Waals surface area contributed by atoms with Crippen molar-refractivity contribution in [2.45, 2.75) is 39.7 Å². The van der Waals surface area contributed by atoms with E-state index in [1.165, 1.54) is 0 Å². The second-order valence-electron chi connectivity index (χ2n) is 5.90. The van der Waals surface area contributed by atoms with E-state index >= 15 is 0 Å². The van der Waals surface area contributed by atoms with Gasteiger partial charge in [0.25, 0.3) is 0 Å². The Morgan fingerprint density at radius 1 is 1.53 bits per heavy atom. The summed E-state index contributed by atoms with van der Waals surface area (Å²) in [6.07, 6.45) is 2.03. The summed E-state index contributed by atoms with van der Waals surface area (Å²) in [5.74, 6) is 0.270. The van der Waals surface area contributed by atoms with Gasteiger partial charge in [0.2, 0.25) is 5.91 Å². The molecule has 4 heteroatoms. The molecule has 17 heavy (non-hydrogen) atoms. The van der Waals surface area contributed by atoms with Gasteiger partial charge >= 0.3 is 0 Å². The number of nitrogens with zero attached hydrogens (tertiary/aromatic N) is 2. The van der Waals surface area contributed by atoms with Gasteiger partial charge < -0.3 is 10.6 Å². The fourth-order valence-electron chi connectivity index (χ4n) is 2.39. The molecular formula is C13H27N3O. The Hall–Kier alpha value is -0.610. The number of hydrogen-bond donors (Lipinski definition) is 1. The second kappa shape index (κ2) is 5.83. The predicted octanol–water partition coefficient (Wildman–Crippen LogP) is 0.914. The van der Waals surface area contributed by atoms with Crippen LogP contribution < -0.4 is 5.73 Å². The topological polar surface area (TPSA) is 49.6 Å². The van der Waals surface area contributed by atoms with Crippen LogP contribution in [0.4, 0.5) is 0 Å². The van der Waals surface area contributed by atoms with Crippen LogP contribution in [0.5, 0.6) is 0 Å². The van der Waals surface area contributed by atoms with Crippen molar-refractivity contribution in [2.24, 2.45) is 11.1 Å². The molecule has 1 unspecified atom stereocenters. The zero-order valence-electron chi connectivity index (χ0n) is 11.7. The normalized spacial score (nSPS) is 21.6. The lowest BCUT2D eigenvalue weighted by atomic mass is 9.92. The third-order valence-corrected chi connectivity index (χ3v) is 3.53. The number of hydrogen-bond acceptors (Lipinski definition) is 3. The van der Waals surface area contributed by atoms with Gasteiger partial charge in [-0.05, 0) is 31.3 Å². The van der Waals surface area contributed by atoms with Crippen LogP contribution in [0, 0.1) is 5.41 Å². The molecule has 1 atom stereocenters. The summed E-state index contributed by atoms with van der Waals surface area (Å²) in [5, 5.41) is 0. The second-order valence-corrected chi connectivity index (χ2v) is 5.90. The summed E-state index contributed by atoms with van der Waals surface area (Å²) in [4.78, 5) is 16.2. The van der Waals surface area contributed by atoms with Gasteiger partial charge in [0.1, 0.15) is 0 Å². The maximum absolute atomic E-state index is 12.0. The predicted molar refractivity (Wildman–Crippen MR) is 70.7 cm³/mol. The smallest absolute Gasteiger partial charge is 0.239 e. The Bertz CT molecular complexity index is 265. The van der Waals surface area contributed by atoms with Crippen molar-refractivity contribution < 1.29 is 4.79 Å². The van der Waals surface area contributed by atoms with Crippen LogP contribution in [-0.2, 0) is 4.79 Å². The summed E-state index contributed by atoms with van der Waals surface area (Å²) in [6, 6.07) is 0.0748. The summed E-state index contributed by atoms with van der Waals surface area (Å²) < 4.78 is 0. The molecule has 0 aromatic carbocycles. The van der Waals surface area contributed by atoms with E-state index in [9.17, 15) is 4.79 Å². The molecule has 100 valence electrons. The van der Waals surface area contributed by atoms with Crippen molar-refractivity contribution in [1.29, 1.82) is 0 Å². The third kappa shape index (κ3) is 3.68. The van der Waals surface area contributed by atoms with Crippen LogP contribution in [0.2, 0.25) is 0 Å². The summed E-state index contributed by atoms with van der Waals surface area (Å²) in [5.41, 5.74) is 5.87. The molecule has 1 rings (SSSR count). The Kier molecular flexibility index (Phi) is 4.95. The van der Waals surface area contributed by atoms with Crippen LogP contribution in [0.3, 0.4) is 0 Å². The molecule has 4 nitrogen and oxygen atoms in total. The van der Waals surface area contributed by atoms with E-state index in [4.69, 9.17) is 5.73 Å². The van der Waals surface area contributed by atoms with Crippen LogP contribution in [0.25, 0.3) is 0 Å². The molecule has 1 heterocycles. The average molecular weight is 241 g/mol. The van der Waals surface area contributed by atoms with Gasteiger partial charge in [-0.2, -0.15) is 0 Å². The van der Waals surface area contributed by atoms with E-state index in [0.717, 1.165) is 32.5 Å². The minimum atomic E-state index is 0.0748. The molecular weight excluding hydrogens is 214 g/mol. The highest BCUT2D eigenvalue weighted by Crippen LogP contribution is 2.22. The van der Waals surface area contributed by atoms with Crippen LogP contribution in [0.15, 0.2) is 0 Å². The number of nitrogens with two attached hydrogens (primary N) is 1. The minimum Gasteiger partial charge on any atom is -0.344 e. The largest absolute Gasteiger partial charge is 0.344 e. The lowest BCUT2D eigenvalue weighted by Gasteiger charge is -2.34. The maximum Gasteiger partial charge on any atom is 0.239 e. The highest BCUT2D eigenvalue weighted by molar-refractivity contribution is 5.83. The summed E-state index contributed by atoms with van der Waals surface area (Å²) in [6.45, 7) is 9.91. The lowest BCUT2D eigenvalue weighted by molar-refractivity contribution is -0.131. The van der Waals surface area contributed by atoms with Crippen molar-refractivity contribution in [3.63, 3.8) is 0 Å². The molecule has 0 spiro atoms. The molecule has 0 aromatic rings. The average Bonchev–Trinajstić information content (AvgIpc) is 2.59. The monoisotopic (exact) mass is 241 g/mol. The van der Waals surface area contributed by atoms with Crippen molar-refractivity contribution in [3.05, 3.63) is 0 Å². The first kappa shape index (κ1) is 14.5. The number of likely N-dealkylation sites (N-methyl/N-ethyl adjacent to an activating group) is 1. The number of likely N-dealkylation sites (tertiary alicyclic amines) is 1. The zero-order chi connectivity index (χ0) is 13.1. The molecule has 1 saturated heterocycles. The lowest BCUT2D eigenvalue weighted by Crippen LogP contribution is -2.47. The summed E-state index contributed by atoms with van der Waals surface area (Å²) in [7, 11) is 1.89. The number of carbonyl (C=O) groups is 1. The van der Waals surface area contributed by atoms with E-state index in [1.807, 2.05) is 11.9 Å². The molecule has 0 aliphatic carbocycles. The Labute approximate surface area is 105 Å². The van der Waals surface area contributed by atoms with Gasteiger partial charge in [0, 0.05) is 20.1 Å². The SMILES string of the molecule is CCCN(CC(C)(C)CN)C1CCN(C)C1=O. The molecule has 0 saturated carbocycles.